The Bertz CT molecular complexity index is 354. The zero-order valence-corrected chi connectivity index (χ0v) is 9.11. The number of rotatable bonds is 3. The summed E-state index contributed by atoms with van der Waals surface area (Å²) in [6.45, 7) is 1.99. The first-order chi connectivity index (χ1) is 7.23. The molecule has 1 heterocycles. The molecule has 2 bridgehead atoms. The predicted molar refractivity (Wildman–Crippen MR) is 58.5 cm³/mol. The molecule has 2 heteroatoms. The summed E-state index contributed by atoms with van der Waals surface area (Å²) in [6.07, 6.45) is 6.29. The smallest absolute Gasteiger partial charge is 0.0802 e. The third kappa shape index (κ3) is 1.24. The van der Waals surface area contributed by atoms with Crippen molar-refractivity contribution in [3.05, 3.63) is 29.6 Å². The van der Waals surface area contributed by atoms with Crippen LogP contribution in [0, 0.1) is 5.92 Å². The standard InChI is InChI=1S/C13H17NO/c1-2-11(15)10-3-4-12(14-8-10)13-5-9(6-13)7-13/h3-4,8-9,11,15H,2,5-7H2,1H3. The van der Waals surface area contributed by atoms with Gasteiger partial charge in [0.15, 0.2) is 0 Å². The molecule has 0 radical (unpaired) electrons. The molecule has 1 unspecified atom stereocenters. The van der Waals surface area contributed by atoms with Gasteiger partial charge in [0.25, 0.3) is 0 Å². The lowest BCUT2D eigenvalue weighted by Crippen LogP contribution is -2.55. The Morgan fingerprint density at radius 3 is 2.60 bits per heavy atom. The quantitative estimate of drug-likeness (QED) is 0.819. The van der Waals surface area contributed by atoms with Crippen molar-refractivity contribution >= 4 is 0 Å². The third-order valence-electron chi connectivity index (χ3n) is 4.14. The molecule has 0 spiro atoms. The van der Waals surface area contributed by atoms with Crippen LogP contribution in [0.25, 0.3) is 0 Å². The lowest BCUT2D eigenvalue weighted by atomic mass is 9.43. The topological polar surface area (TPSA) is 33.1 Å². The van der Waals surface area contributed by atoms with Crippen molar-refractivity contribution in [2.24, 2.45) is 5.92 Å². The van der Waals surface area contributed by atoms with Gasteiger partial charge >= 0.3 is 0 Å². The average molecular weight is 203 g/mol. The second-order valence-corrected chi connectivity index (χ2v) is 5.16. The van der Waals surface area contributed by atoms with E-state index in [1.54, 1.807) is 0 Å². The fraction of sp³-hybridized carbons (Fsp3) is 0.615. The molecule has 4 rings (SSSR count). The number of aromatic nitrogens is 1. The molecule has 0 saturated heterocycles. The first-order valence-corrected chi connectivity index (χ1v) is 5.88. The fourth-order valence-electron chi connectivity index (χ4n) is 2.94. The molecule has 3 aliphatic carbocycles. The molecule has 1 N–H and O–H groups in total. The maximum atomic E-state index is 9.66. The van der Waals surface area contributed by atoms with Crippen molar-refractivity contribution in [3.8, 4) is 0 Å². The number of nitrogens with zero attached hydrogens (tertiary/aromatic N) is 1. The van der Waals surface area contributed by atoms with E-state index in [1.165, 1.54) is 25.0 Å². The van der Waals surface area contributed by atoms with Crippen molar-refractivity contribution in [2.75, 3.05) is 0 Å². The highest BCUT2D eigenvalue weighted by molar-refractivity contribution is 5.31. The molecule has 15 heavy (non-hydrogen) atoms. The van der Waals surface area contributed by atoms with E-state index in [9.17, 15) is 5.11 Å². The molecule has 3 fully saturated rings. The minimum Gasteiger partial charge on any atom is -0.388 e. The van der Waals surface area contributed by atoms with Crippen molar-refractivity contribution in [1.82, 2.24) is 4.98 Å². The highest BCUT2D eigenvalue weighted by Gasteiger charge is 2.58. The first-order valence-electron chi connectivity index (χ1n) is 5.88. The van der Waals surface area contributed by atoms with E-state index in [0.717, 1.165) is 17.9 Å². The molecule has 3 aliphatic rings. The minimum atomic E-state index is -0.348. The van der Waals surface area contributed by atoms with E-state index in [2.05, 4.69) is 11.1 Å². The molecule has 80 valence electrons. The SMILES string of the molecule is CCC(O)c1ccc(C23CC(C2)C3)nc1. The molecular weight excluding hydrogens is 186 g/mol. The van der Waals surface area contributed by atoms with Crippen LogP contribution in [0.15, 0.2) is 18.3 Å². The van der Waals surface area contributed by atoms with Crippen molar-refractivity contribution in [1.29, 1.82) is 0 Å². The van der Waals surface area contributed by atoms with Crippen LogP contribution in [0.3, 0.4) is 0 Å². The van der Waals surface area contributed by atoms with E-state index in [1.807, 2.05) is 19.2 Å². The second-order valence-electron chi connectivity index (χ2n) is 5.16. The molecule has 1 aromatic heterocycles. The Morgan fingerprint density at radius 1 is 1.47 bits per heavy atom. The Hall–Kier alpha value is -0.890. The van der Waals surface area contributed by atoms with Gasteiger partial charge in [-0.3, -0.25) is 4.98 Å². The summed E-state index contributed by atoms with van der Waals surface area (Å²) in [5, 5.41) is 9.66. The van der Waals surface area contributed by atoms with Gasteiger partial charge in [-0.15, -0.1) is 0 Å². The third-order valence-corrected chi connectivity index (χ3v) is 4.14. The summed E-state index contributed by atoms with van der Waals surface area (Å²) in [7, 11) is 0. The van der Waals surface area contributed by atoms with Crippen LogP contribution in [0.5, 0.6) is 0 Å². The molecule has 1 atom stereocenters. The number of aliphatic hydroxyl groups is 1. The highest BCUT2D eigenvalue weighted by Crippen LogP contribution is 2.64. The maximum Gasteiger partial charge on any atom is 0.0802 e. The van der Waals surface area contributed by atoms with E-state index in [4.69, 9.17) is 0 Å². The van der Waals surface area contributed by atoms with Crippen LogP contribution in [-0.2, 0) is 5.41 Å². The zero-order valence-electron chi connectivity index (χ0n) is 9.11. The van der Waals surface area contributed by atoms with E-state index in [-0.39, 0.29) is 6.10 Å². The predicted octanol–water partition coefficient (Wildman–Crippen LogP) is 2.58. The first kappa shape index (κ1) is 9.34. The van der Waals surface area contributed by atoms with Gasteiger partial charge in [-0.1, -0.05) is 13.0 Å². The maximum absolute atomic E-state index is 9.66. The van der Waals surface area contributed by atoms with Gasteiger partial charge in [0.2, 0.25) is 0 Å². The van der Waals surface area contributed by atoms with E-state index in [0.29, 0.717) is 5.41 Å². The van der Waals surface area contributed by atoms with Gasteiger partial charge in [-0.25, -0.2) is 0 Å². The lowest BCUT2D eigenvalue weighted by molar-refractivity contribution is -0.0309. The van der Waals surface area contributed by atoms with Gasteiger partial charge in [0, 0.05) is 17.3 Å². The van der Waals surface area contributed by atoms with Gasteiger partial charge in [-0.2, -0.15) is 0 Å². The van der Waals surface area contributed by atoms with Gasteiger partial charge < -0.3 is 5.11 Å². The molecular formula is C13H17NO. The Labute approximate surface area is 90.4 Å². The van der Waals surface area contributed by atoms with Gasteiger partial charge in [-0.05, 0) is 43.2 Å². The van der Waals surface area contributed by atoms with Crippen molar-refractivity contribution in [3.63, 3.8) is 0 Å². The summed E-state index contributed by atoms with van der Waals surface area (Å²) in [5.41, 5.74) is 2.64. The largest absolute Gasteiger partial charge is 0.388 e. The summed E-state index contributed by atoms with van der Waals surface area (Å²) in [6, 6.07) is 4.15. The molecule has 0 aliphatic heterocycles. The van der Waals surface area contributed by atoms with Crippen molar-refractivity contribution < 1.29 is 5.11 Å². The minimum absolute atomic E-state index is 0.348. The zero-order chi connectivity index (χ0) is 10.5. The number of hydrogen-bond donors (Lipinski definition) is 1. The summed E-state index contributed by atoms with van der Waals surface area (Å²) < 4.78 is 0. The molecule has 0 amide bonds. The Kier molecular flexibility index (Phi) is 1.90. The van der Waals surface area contributed by atoms with Crippen LogP contribution in [0.1, 0.15) is 50.0 Å². The average Bonchev–Trinajstić information content (AvgIpc) is 2.13. The van der Waals surface area contributed by atoms with Crippen LogP contribution in [-0.4, -0.2) is 10.1 Å². The van der Waals surface area contributed by atoms with Crippen LogP contribution in [0.4, 0.5) is 0 Å². The number of pyridine rings is 1. The van der Waals surface area contributed by atoms with Crippen LogP contribution >= 0.6 is 0 Å². The molecule has 0 aromatic carbocycles. The Morgan fingerprint density at radius 2 is 2.20 bits per heavy atom. The van der Waals surface area contributed by atoms with E-state index >= 15 is 0 Å². The number of aliphatic hydroxyl groups excluding tert-OH is 1. The summed E-state index contributed by atoms with van der Waals surface area (Å²) in [5.74, 6) is 0.993. The van der Waals surface area contributed by atoms with Crippen molar-refractivity contribution in [2.45, 2.75) is 44.1 Å². The highest BCUT2D eigenvalue weighted by atomic mass is 16.3. The molecule has 1 aromatic rings. The van der Waals surface area contributed by atoms with Crippen LogP contribution < -0.4 is 0 Å². The van der Waals surface area contributed by atoms with E-state index < -0.39 is 0 Å². The molecule has 2 nitrogen and oxygen atoms in total. The van der Waals surface area contributed by atoms with Gasteiger partial charge in [0.05, 0.1) is 6.10 Å². The summed E-state index contributed by atoms with van der Waals surface area (Å²) >= 11 is 0. The number of hydrogen-bond acceptors (Lipinski definition) is 2. The Balaban J connectivity index is 1.81. The second kappa shape index (κ2) is 3.05. The lowest BCUT2D eigenvalue weighted by Gasteiger charge is -2.61. The monoisotopic (exact) mass is 203 g/mol. The summed E-state index contributed by atoms with van der Waals surface area (Å²) in [4.78, 5) is 4.52. The fourth-order valence-corrected chi connectivity index (χ4v) is 2.94. The van der Waals surface area contributed by atoms with Crippen LogP contribution in [0.2, 0.25) is 0 Å². The molecule has 3 saturated carbocycles. The normalized spacial score (nSPS) is 34.1. The van der Waals surface area contributed by atoms with Gasteiger partial charge in [0.1, 0.15) is 0 Å².